The zero-order valence-corrected chi connectivity index (χ0v) is 19.3. The molecule has 1 aliphatic rings. The second-order valence-corrected chi connectivity index (χ2v) is 10.2. The molecule has 0 unspecified atom stereocenters. The summed E-state index contributed by atoms with van der Waals surface area (Å²) in [6.07, 6.45) is 0.571. The van der Waals surface area contributed by atoms with Crippen molar-refractivity contribution in [2.45, 2.75) is 30.6 Å². The van der Waals surface area contributed by atoms with E-state index < -0.39 is 10.0 Å². The van der Waals surface area contributed by atoms with E-state index in [1.807, 2.05) is 12.1 Å². The molecule has 1 aromatic heterocycles. The highest BCUT2D eigenvalue weighted by molar-refractivity contribution is 9.10. The van der Waals surface area contributed by atoms with Crippen molar-refractivity contribution in [3.63, 3.8) is 0 Å². The van der Waals surface area contributed by atoms with Crippen molar-refractivity contribution in [3.8, 4) is 22.8 Å². The minimum Gasteiger partial charge on any atom is -0.495 e. The van der Waals surface area contributed by atoms with Gasteiger partial charge >= 0.3 is 0 Å². The molecule has 0 amide bonds. The van der Waals surface area contributed by atoms with Gasteiger partial charge in [-0.1, -0.05) is 47.1 Å². The van der Waals surface area contributed by atoms with E-state index in [1.54, 1.807) is 18.2 Å². The van der Waals surface area contributed by atoms with Crippen LogP contribution in [0.15, 0.2) is 50.3 Å². The van der Waals surface area contributed by atoms with Crippen LogP contribution in [0.1, 0.15) is 25.0 Å². The van der Waals surface area contributed by atoms with E-state index in [0.717, 1.165) is 15.6 Å². The molecule has 4 rings (SSSR count). The lowest BCUT2D eigenvalue weighted by Gasteiger charge is -2.31. The number of rotatable bonds is 5. The van der Waals surface area contributed by atoms with Gasteiger partial charge in [-0.2, -0.15) is 0 Å². The van der Waals surface area contributed by atoms with Crippen molar-refractivity contribution in [2.75, 3.05) is 18.9 Å². The number of nitrogens with zero attached hydrogens (tertiary/aromatic N) is 1. The maximum atomic E-state index is 13.2. The minimum atomic E-state index is -4.06. The normalized spacial score (nSPS) is 14.6. The van der Waals surface area contributed by atoms with Crippen LogP contribution >= 0.6 is 15.9 Å². The zero-order valence-electron chi connectivity index (χ0n) is 16.9. The number of sulfonamides is 1. The number of anilines is 1. The van der Waals surface area contributed by atoms with Gasteiger partial charge in [0, 0.05) is 15.6 Å². The van der Waals surface area contributed by atoms with Crippen molar-refractivity contribution in [1.29, 1.82) is 0 Å². The number of benzene rings is 2. The van der Waals surface area contributed by atoms with E-state index in [0.29, 0.717) is 17.7 Å². The van der Waals surface area contributed by atoms with E-state index in [-0.39, 0.29) is 27.6 Å². The lowest BCUT2D eigenvalue weighted by atomic mass is 9.72. The van der Waals surface area contributed by atoms with E-state index in [2.05, 4.69) is 45.7 Å². The molecular formula is C21H21BrN2O5S. The molecule has 0 saturated heterocycles. The summed E-state index contributed by atoms with van der Waals surface area (Å²) in [5.41, 5.74) is 2.50. The van der Waals surface area contributed by atoms with Crippen LogP contribution in [0.4, 0.5) is 5.82 Å². The number of hydrogen-bond donors (Lipinski definition) is 1. The van der Waals surface area contributed by atoms with Crippen LogP contribution in [0.5, 0.6) is 11.5 Å². The van der Waals surface area contributed by atoms with E-state index in [9.17, 15) is 8.42 Å². The van der Waals surface area contributed by atoms with Gasteiger partial charge in [-0.3, -0.25) is 4.72 Å². The van der Waals surface area contributed by atoms with Crippen molar-refractivity contribution in [1.82, 2.24) is 5.16 Å². The quantitative estimate of drug-likeness (QED) is 0.552. The predicted octanol–water partition coefficient (Wildman–Crippen LogP) is 4.76. The smallest absolute Gasteiger partial charge is 0.270 e. The van der Waals surface area contributed by atoms with Crippen molar-refractivity contribution in [3.05, 3.63) is 52.0 Å². The first-order chi connectivity index (χ1) is 14.2. The summed E-state index contributed by atoms with van der Waals surface area (Å²) in [6.45, 7) is 4.22. The molecule has 0 saturated carbocycles. The maximum Gasteiger partial charge on any atom is 0.270 e. The number of ether oxygens (including phenoxy) is 2. The summed E-state index contributed by atoms with van der Waals surface area (Å²) in [5, 5.41) is 4.05. The molecule has 9 heteroatoms. The predicted molar refractivity (Wildman–Crippen MR) is 117 cm³/mol. The Labute approximate surface area is 183 Å². The van der Waals surface area contributed by atoms with Crippen LogP contribution < -0.4 is 14.2 Å². The summed E-state index contributed by atoms with van der Waals surface area (Å²) in [7, 11) is -1.25. The average Bonchev–Trinajstić information content (AvgIpc) is 3.08. The second-order valence-electron chi connectivity index (χ2n) is 7.69. The molecule has 158 valence electrons. The van der Waals surface area contributed by atoms with Crippen LogP contribution in [-0.2, 0) is 21.9 Å². The zero-order chi connectivity index (χ0) is 21.7. The number of fused-ring (bicyclic) bond motifs is 3. The Hall–Kier alpha value is -2.52. The molecule has 30 heavy (non-hydrogen) atoms. The van der Waals surface area contributed by atoms with Crippen LogP contribution in [-0.4, -0.2) is 27.8 Å². The van der Waals surface area contributed by atoms with Gasteiger partial charge in [0.15, 0.2) is 16.5 Å². The van der Waals surface area contributed by atoms with Gasteiger partial charge < -0.3 is 14.0 Å². The molecule has 3 aromatic rings. The molecule has 1 N–H and O–H groups in total. The first-order valence-corrected chi connectivity index (χ1v) is 11.5. The molecule has 2 aromatic carbocycles. The summed E-state index contributed by atoms with van der Waals surface area (Å²) in [4.78, 5) is -0.0926. The second kappa shape index (κ2) is 7.31. The van der Waals surface area contributed by atoms with Gasteiger partial charge in [-0.15, -0.1) is 0 Å². The SMILES string of the molecule is COc1cccc(OC)c1S(=O)(=O)Nc1noc2c1CC(C)(C)c1ccc(Br)cc1-2. The van der Waals surface area contributed by atoms with Crippen LogP contribution in [0.25, 0.3) is 11.3 Å². The summed E-state index contributed by atoms with van der Waals surface area (Å²) in [6, 6.07) is 10.8. The Morgan fingerprint density at radius 2 is 1.80 bits per heavy atom. The van der Waals surface area contributed by atoms with Crippen LogP contribution in [0.2, 0.25) is 0 Å². The molecule has 0 fully saturated rings. The third-order valence-electron chi connectivity index (χ3n) is 5.24. The Kier molecular flexibility index (Phi) is 5.06. The Balaban J connectivity index is 1.82. The van der Waals surface area contributed by atoms with Crippen LogP contribution in [0.3, 0.4) is 0 Å². The molecule has 0 spiro atoms. The number of aromatic nitrogens is 1. The standard InChI is InChI=1S/C21H21BrN2O5S/c1-21(2)11-14-18(13-10-12(22)8-9-15(13)21)29-23-20(14)24-30(25,26)19-16(27-3)6-5-7-17(19)28-4/h5-10H,11H2,1-4H3,(H,23,24). The van der Waals surface area contributed by atoms with Crippen molar-refractivity contribution >= 4 is 31.8 Å². The van der Waals surface area contributed by atoms with Gasteiger partial charge in [-0.25, -0.2) is 8.42 Å². The van der Waals surface area contributed by atoms with Crippen molar-refractivity contribution < 1.29 is 22.4 Å². The minimum absolute atomic E-state index is 0.0926. The number of nitrogens with one attached hydrogen (secondary N) is 1. The van der Waals surface area contributed by atoms with E-state index >= 15 is 0 Å². The first kappa shape index (κ1) is 20.7. The van der Waals surface area contributed by atoms with Crippen molar-refractivity contribution in [2.24, 2.45) is 0 Å². The van der Waals surface area contributed by atoms with Gasteiger partial charge in [-0.05, 0) is 41.7 Å². The molecular weight excluding hydrogens is 472 g/mol. The van der Waals surface area contributed by atoms with E-state index in [1.165, 1.54) is 14.2 Å². The van der Waals surface area contributed by atoms with E-state index in [4.69, 9.17) is 14.0 Å². The molecule has 1 heterocycles. The molecule has 0 bridgehead atoms. The fourth-order valence-corrected chi connectivity index (χ4v) is 5.57. The highest BCUT2D eigenvalue weighted by Crippen LogP contribution is 2.47. The fraction of sp³-hybridized carbons (Fsp3) is 0.286. The first-order valence-electron chi connectivity index (χ1n) is 9.20. The Morgan fingerprint density at radius 3 is 2.43 bits per heavy atom. The third-order valence-corrected chi connectivity index (χ3v) is 7.14. The summed E-state index contributed by atoms with van der Waals surface area (Å²) in [5.74, 6) is 1.08. The average molecular weight is 493 g/mol. The Bertz CT molecular complexity index is 1210. The largest absolute Gasteiger partial charge is 0.495 e. The van der Waals surface area contributed by atoms with Gasteiger partial charge in [0.2, 0.25) is 0 Å². The summed E-state index contributed by atoms with van der Waals surface area (Å²) >= 11 is 3.50. The number of hydrogen-bond acceptors (Lipinski definition) is 6. The molecule has 0 radical (unpaired) electrons. The molecule has 7 nitrogen and oxygen atoms in total. The topological polar surface area (TPSA) is 90.7 Å². The highest BCUT2D eigenvalue weighted by Gasteiger charge is 2.37. The third kappa shape index (κ3) is 3.35. The lowest BCUT2D eigenvalue weighted by Crippen LogP contribution is -2.26. The van der Waals surface area contributed by atoms with Gasteiger partial charge in [0.05, 0.1) is 14.2 Å². The lowest BCUT2D eigenvalue weighted by molar-refractivity contribution is 0.373. The number of methoxy groups -OCH3 is 2. The monoisotopic (exact) mass is 492 g/mol. The van der Waals surface area contributed by atoms with Crippen LogP contribution in [0, 0.1) is 0 Å². The molecule has 0 atom stereocenters. The Morgan fingerprint density at radius 1 is 1.13 bits per heavy atom. The van der Waals surface area contributed by atoms with Gasteiger partial charge in [0.25, 0.3) is 10.0 Å². The maximum absolute atomic E-state index is 13.2. The molecule has 1 aliphatic carbocycles. The highest BCUT2D eigenvalue weighted by atomic mass is 79.9. The molecule has 0 aliphatic heterocycles. The number of halogens is 1. The fourth-order valence-electron chi connectivity index (χ4n) is 3.86. The summed E-state index contributed by atoms with van der Waals surface area (Å²) < 4.78 is 46.1. The van der Waals surface area contributed by atoms with Gasteiger partial charge in [0.1, 0.15) is 11.5 Å².